The third kappa shape index (κ3) is 5.13. The molecule has 2 rings (SSSR count). The van der Waals surface area contributed by atoms with Crippen LogP contribution in [0.15, 0.2) is 18.2 Å². The Labute approximate surface area is 142 Å². The number of hydrogen-bond acceptors (Lipinski definition) is 3. The van der Waals surface area contributed by atoms with E-state index in [-0.39, 0.29) is 5.91 Å². The topological polar surface area (TPSA) is 35.6 Å². The van der Waals surface area contributed by atoms with E-state index in [0.717, 1.165) is 45.6 Å². The SMILES string of the molecule is CN1CCN(CCCCNC(=O)c2cccc(Cl)c2Cl)CC1. The summed E-state index contributed by atoms with van der Waals surface area (Å²) in [6.07, 6.45) is 2.06. The lowest BCUT2D eigenvalue weighted by atomic mass is 10.2. The number of halogens is 2. The quantitative estimate of drug-likeness (QED) is 0.806. The minimum Gasteiger partial charge on any atom is -0.352 e. The summed E-state index contributed by atoms with van der Waals surface area (Å²) in [4.78, 5) is 16.9. The number of likely N-dealkylation sites (N-methyl/N-ethyl adjacent to an activating group) is 1. The second kappa shape index (κ2) is 8.73. The van der Waals surface area contributed by atoms with Crippen LogP contribution >= 0.6 is 23.2 Å². The summed E-state index contributed by atoms with van der Waals surface area (Å²) in [5.74, 6) is -0.160. The summed E-state index contributed by atoms with van der Waals surface area (Å²) >= 11 is 12.0. The van der Waals surface area contributed by atoms with Crippen LogP contribution in [0.1, 0.15) is 23.2 Å². The highest BCUT2D eigenvalue weighted by Crippen LogP contribution is 2.25. The van der Waals surface area contributed by atoms with Crippen molar-refractivity contribution in [1.82, 2.24) is 15.1 Å². The molecule has 22 heavy (non-hydrogen) atoms. The molecule has 1 aromatic carbocycles. The van der Waals surface area contributed by atoms with Crippen molar-refractivity contribution in [1.29, 1.82) is 0 Å². The van der Waals surface area contributed by atoms with Gasteiger partial charge in [-0.15, -0.1) is 0 Å². The van der Waals surface area contributed by atoms with E-state index in [9.17, 15) is 4.79 Å². The van der Waals surface area contributed by atoms with Crippen LogP contribution in [0.25, 0.3) is 0 Å². The summed E-state index contributed by atoms with van der Waals surface area (Å²) in [7, 11) is 2.16. The molecule has 0 unspecified atom stereocenters. The maximum absolute atomic E-state index is 12.0. The zero-order valence-corrected chi connectivity index (χ0v) is 14.5. The van der Waals surface area contributed by atoms with Gasteiger partial charge in [-0.1, -0.05) is 29.3 Å². The number of benzene rings is 1. The first kappa shape index (κ1) is 17.5. The fraction of sp³-hybridized carbons (Fsp3) is 0.562. The van der Waals surface area contributed by atoms with Crippen molar-refractivity contribution in [2.75, 3.05) is 46.3 Å². The molecule has 1 aromatic rings. The third-order valence-corrected chi connectivity index (χ3v) is 4.80. The smallest absolute Gasteiger partial charge is 0.252 e. The van der Waals surface area contributed by atoms with Gasteiger partial charge < -0.3 is 15.1 Å². The largest absolute Gasteiger partial charge is 0.352 e. The van der Waals surface area contributed by atoms with Crippen LogP contribution in [0.4, 0.5) is 0 Å². The molecule has 4 nitrogen and oxygen atoms in total. The van der Waals surface area contributed by atoms with Crippen molar-refractivity contribution in [3.63, 3.8) is 0 Å². The van der Waals surface area contributed by atoms with Crippen molar-refractivity contribution in [3.8, 4) is 0 Å². The Hall–Kier alpha value is -0.810. The molecule has 0 aliphatic carbocycles. The van der Waals surface area contributed by atoms with Gasteiger partial charge in [-0.2, -0.15) is 0 Å². The normalized spacial score (nSPS) is 16.7. The van der Waals surface area contributed by atoms with E-state index in [2.05, 4.69) is 22.2 Å². The maximum atomic E-state index is 12.0. The summed E-state index contributed by atoms with van der Waals surface area (Å²) < 4.78 is 0. The molecule has 1 fully saturated rings. The molecule has 0 spiro atoms. The highest BCUT2D eigenvalue weighted by atomic mass is 35.5. The minimum absolute atomic E-state index is 0.160. The number of nitrogens with zero attached hydrogens (tertiary/aromatic N) is 2. The summed E-state index contributed by atoms with van der Waals surface area (Å²) in [5.41, 5.74) is 0.438. The lowest BCUT2D eigenvalue weighted by molar-refractivity contribution is 0.0952. The Morgan fingerprint density at radius 2 is 1.91 bits per heavy atom. The first-order valence-corrected chi connectivity index (χ1v) is 8.46. The summed E-state index contributed by atoms with van der Waals surface area (Å²) in [6.45, 7) is 6.33. The highest BCUT2D eigenvalue weighted by Gasteiger charge is 2.14. The summed E-state index contributed by atoms with van der Waals surface area (Å²) in [6, 6.07) is 5.10. The van der Waals surface area contributed by atoms with E-state index in [4.69, 9.17) is 23.2 Å². The standard InChI is InChI=1S/C16H23Cl2N3O/c1-20-9-11-21(12-10-20)8-3-2-7-19-16(22)13-5-4-6-14(17)15(13)18/h4-6H,2-3,7-12H2,1H3,(H,19,22). The van der Waals surface area contributed by atoms with Gasteiger partial charge in [0.25, 0.3) is 5.91 Å². The van der Waals surface area contributed by atoms with E-state index in [1.165, 1.54) is 0 Å². The number of piperazine rings is 1. The molecular weight excluding hydrogens is 321 g/mol. The molecule has 1 N–H and O–H groups in total. The number of unbranched alkanes of at least 4 members (excludes halogenated alkanes) is 1. The van der Waals surface area contributed by atoms with Crippen LogP contribution in [0.5, 0.6) is 0 Å². The minimum atomic E-state index is -0.160. The Kier molecular flexibility index (Phi) is 6.96. The van der Waals surface area contributed by atoms with Crippen molar-refractivity contribution in [2.24, 2.45) is 0 Å². The van der Waals surface area contributed by atoms with Gasteiger partial charge in [0.05, 0.1) is 15.6 Å². The van der Waals surface area contributed by atoms with Gasteiger partial charge in [0.2, 0.25) is 0 Å². The zero-order valence-electron chi connectivity index (χ0n) is 12.9. The fourth-order valence-corrected chi connectivity index (χ4v) is 2.89. The predicted octanol–water partition coefficient (Wildman–Crippen LogP) is 2.75. The second-order valence-electron chi connectivity index (χ2n) is 5.71. The molecule has 6 heteroatoms. The van der Waals surface area contributed by atoms with Gasteiger partial charge in [-0.25, -0.2) is 0 Å². The van der Waals surface area contributed by atoms with E-state index in [1.54, 1.807) is 18.2 Å². The van der Waals surface area contributed by atoms with Crippen LogP contribution in [0, 0.1) is 0 Å². The van der Waals surface area contributed by atoms with Crippen molar-refractivity contribution < 1.29 is 4.79 Å². The Bertz CT molecular complexity index is 502. The molecule has 0 radical (unpaired) electrons. The summed E-state index contributed by atoms with van der Waals surface area (Å²) in [5, 5.41) is 3.63. The first-order chi connectivity index (χ1) is 10.6. The maximum Gasteiger partial charge on any atom is 0.252 e. The van der Waals surface area contributed by atoms with Gasteiger partial charge in [0.15, 0.2) is 0 Å². The molecule has 0 bridgehead atoms. The van der Waals surface area contributed by atoms with Crippen LogP contribution in [-0.4, -0.2) is 62.0 Å². The number of rotatable bonds is 6. The van der Waals surface area contributed by atoms with E-state index < -0.39 is 0 Å². The van der Waals surface area contributed by atoms with E-state index in [0.29, 0.717) is 22.2 Å². The third-order valence-electron chi connectivity index (χ3n) is 3.98. The number of amides is 1. The highest BCUT2D eigenvalue weighted by molar-refractivity contribution is 6.43. The predicted molar refractivity (Wildman–Crippen MR) is 92.0 cm³/mol. The van der Waals surface area contributed by atoms with E-state index >= 15 is 0 Å². The molecule has 0 aromatic heterocycles. The molecule has 1 amide bonds. The average Bonchev–Trinajstić information content (AvgIpc) is 2.51. The van der Waals surface area contributed by atoms with Gasteiger partial charge in [-0.3, -0.25) is 4.79 Å². The monoisotopic (exact) mass is 343 g/mol. The Morgan fingerprint density at radius 1 is 1.18 bits per heavy atom. The number of carbonyl (C=O) groups is 1. The number of hydrogen-bond donors (Lipinski definition) is 1. The van der Waals surface area contributed by atoms with Crippen LogP contribution in [0.3, 0.4) is 0 Å². The van der Waals surface area contributed by atoms with E-state index in [1.807, 2.05) is 0 Å². The molecule has 1 aliphatic rings. The second-order valence-corrected chi connectivity index (χ2v) is 6.49. The molecular formula is C16H23Cl2N3O. The molecule has 122 valence electrons. The van der Waals surface area contributed by atoms with Crippen LogP contribution < -0.4 is 5.32 Å². The van der Waals surface area contributed by atoms with Gasteiger partial charge >= 0.3 is 0 Å². The Morgan fingerprint density at radius 3 is 2.64 bits per heavy atom. The van der Waals surface area contributed by atoms with Gasteiger partial charge in [0.1, 0.15) is 0 Å². The molecule has 0 atom stereocenters. The fourth-order valence-electron chi connectivity index (χ4n) is 2.51. The molecule has 1 saturated heterocycles. The van der Waals surface area contributed by atoms with Crippen LogP contribution in [-0.2, 0) is 0 Å². The van der Waals surface area contributed by atoms with Crippen molar-refractivity contribution in [3.05, 3.63) is 33.8 Å². The zero-order chi connectivity index (χ0) is 15.9. The van der Waals surface area contributed by atoms with Crippen molar-refractivity contribution >= 4 is 29.1 Å². The van der Waals surface area contributed by atoms with Crippen molar-refractivity contribution in [2.45, 2.75) is 12.8 Å². The molecule has 1 aliphatic heterocycles. The molecule has 0 saturated carbocycles. The van der Waals surface area contributed by atoms with Gasteiger partial charge in [0, 0.05) is 32.7 Å². The van der Waals surface area contributed by atoms with Gasteiger partial charge in [-0.05, 0) is 38.6 Å². The lowest BCUT2D eigenvalue weighted by Crippen LogP contribution is -2.44. The number of nitrogens with one attached hydrogen (secondary N) is 1. The average molecular weight is 344 g/mol. The first-order valence-electron chi connectivity index (χ1n) is 7.71. The molecule has 1 heterocycles. The number of carbonyl (C=O) groups excluding carboxylic acids is 1. The lowest BCUT2D eigenvalue weighted by Gasteiger charge is -2.32. The Balaban J connectivity index is 1.64. The van der Waals surface area contributed by atoms with Crippen LogP contribution in [0.2, 0.25) is 10.0 Å².